The van der Waals surface area contributed by atoms with Crippen molar-refractivity contribution in [3.8, 4) is 17.2 Å². The molecular weight excluding hydrogens is 348 g/mol. The van der Waals surface area contributed by atoms with Crippen molar-refractivity contribution in [1.82, 2.24) is 19.2 Å². The third kappa shape index (κ3) is 3.29. The van der Waals surface area contributed by atoms with Crippen molar-refractivity contribution in [1.29, 1.82) is 0 Å². The van der Waals surface area contributed by atoms with Crippen LogP contribution in [0.2, 0.25) is 0 Å². The number of likely N-dealkylation sites (tertiary alicyclic amines) is 1. The summed E-state index contributed by atoms with van der Waals surface area (Å²) >= 11 is 0. The number of aromatic nitrogens is 3. The summed E-state index contributed by atoms with van der Waals surface area (Å²) in [6.45, 7) is 5.53. The standard InChI is InChI=1S/C19H26N4O4/c1-4-23-18(20-21(2)19(23)24)13-6-5-7-22(10-13)11-14-8-16-17(27-12-26-16)9-15(14)25-3/h8-9,13H,4-7,10-12H2,1-3H3. The molecule has 1 saturated heterocycles. The Morgan fingerprint density at radius 3 is 2.81 bits per heavy atom. The number of benzene rings is 1. The molecule has 0 aliphatic carbocycles. The smallest absolute Gasteiger partial charge is 0.345 e. The van der Waals surface area contributed by atoms with Crippen LogP contribution in [0.5, 0.6) is 17.2 Å². The molecule has 1 unspecified atom stereocenters. The Morgan fingerprint density at radius 2 is 2.07 bits per heavy atom. The maximum absolute atomic E-state index is 12.2. The quantitative estimate of drug-likeness (QED) is 0.794. The second-order valence-corrected chi connectivity index (χ2v) is 7.10. The van der Waals surface area contributed by atoms with Gasteiger partial charge in [-0.05, 0) is 32.4 Å². The van der Waals surface area contributed by atoms with Crippen molar-refractivity contribution >= 4 is 0 Å². The lowest BCUT2D eigenvalue weighted by Gasteiger charge is -2.32. The van der Waals surface area contributed by atoms with E-state index in [0.29, 0.717) is 6.54 Å². The molecule has 8 nitrogen and oxygen atoms in total. The van der Waals surface area contributed by atoms with Crippen LogP contribution in [0.3, 0.4) is 0 Å². The lowest BCUT2D eigenvalue weighted by atomic mass is 9.96. The summed E-state index contributed by atoms with van der Waals surface area (Å²) in [5.41, 5.74) is 1.04. The van der Waals surface area contributed by atoms with Crippen LogP contribution in [0.15, 0.2) is 16.9 Å². The minimum atomic E-state index is -0.0398. The minimum Gasteiger partial charge on any atom is -0.496 e. The maximum Gasteiger partial charge on any atom is 0.345 e. The highest BCUT2D eigenvalue weighted by Gasteiger charge is 2.28. The van der Waals surface area contributed by atoms with Gasteiger partial charge in [0.2, 0.25) is 6.79 Å². The summed E-state index contributed by atoms with van der Waals surface area (Å²) in [5, 5.41) is 4.51. The van der Waals surface area contributed by atoms with Crippen LogP contribution in [0, 0.1) is 0 Å². The zero-order chi connectivity index (χ0) is 19.0. The van der Waals surface area contributed by atoms with Gasteiger partial charge in [-0.3, -0.25) is 9.47 Å². The predicted molar refractivity (Wildman–Crippen MR) is 99.5 cm³/mol. The monoisotopic (exact) mass is 374 g/mol. The molecule has 1 aromatic carbocycles. The van der Waals surface area contributed by atoms with E-state index in [1.54, 1.807) is 18.7 Å². The molecule has 1 fully saturated rings. The molecule has 0 saturated carbocycles. The van der Waals surface area contributed by atoms with Gasteiger partial charge >= 0.3 is 5.69 Å². The Labute approximate surface area is 158 Å². The fourth-order valence-electron chi connectivity index (χ4n) is 4.05. The van der Waals surface area contributed by atoms with Gasteiger partial charge in [0.15, 0.2) is 11.5 Å². The summed E-state index contributed by atoms with van der Waals surface area (Å²) in [4.78, 5) is 14.6. The Morgan fingerprint density at radius 1 is 1.30 bits per heavy atom. The van der Waals surface area contributed by atoms with Crippen LogP contribution in [-0.4, -0.2) is 46.2 Å². The van der Waals surface area contributed by atoms with E-state index < -0.39 is 0 Å². The molecule has 0 N–H and O–H groups in total. The van der Waals surface area contributed by atoms with Crippen molar-refractivity contribution < 1.29 is 14.2 Å². The van der Waals surface area contributed by atoms with E-state index in [9.17, 15) is 4.79 Å². The van der Waals surface area contributed by atoms with Crippen molar-refractivity contribution in [3.63, 3.8) is 0 Å². The van der Waals surface area contributed by atoms with Crippen LogP contribution in [0.25, 0.3) is 0 Å². The normalized spacial score (nSPS) is 19.4. The number of methoxy groups -OCH3 is 1. The van der Waals surface area contributed by atoms with Crippen LogP contribution >= 0.6 is 0 Å². The first-order valence-corrected chi connectivity index (χ1v) is 9.43. The van der Waals surface area contributed by atoms with Gasteiger partial charge < -0.3 is 14.2 Å². The molecular formula is C19H26N4O4. The molecule has 0 radical (unpaired) electrons. The number of ether oxygens (including phenoxy) is 3. The van der Waals surface area contributed by atoms with Gasteiger partial charge in [0.05, 0.1) is 7.11 Å². The molecule has 2 aliphatic rings. The second-order valence-electron chi connectivity index (χ2n) is 7.10. The fraction of sp³-hybridized carbons (Fsp3) is 0.579. The molecule has 0 bridgehead atoms. The minimum absolute atomic E-state index is 0.0398. The number of fused-ring (bicyclic) bond motifs is 1. The molecule has 8 heteroatoms. The highest BCUT2D eigenvalue weighted by Crippen LogP contribution is 2.39. The summed E-state index contributed by atoms with van der Waals surface area (Å²) in [7, 11) is 3.39. The molecule has 1 atom stereocenters. The molecule has 0 spiro atoms. The van der Waals surface area contributed by atoms with Crippen molar-refractivity contribution in [2.45, 2.75) is 38.8 Å². The summed E-state index contributed by atoms with van der Waals surface area (Å²) in [6, 6.07) is 3.90. The molecule has 0 amide bonds. The van der Waals surface area contributed by atoms with Gasteiger partial charge in [-0.15, -0.1) is 0 Å². The number of aryl methyl sites for hydroxylation is 1. The maximum atomic E-state index is 12.2. The molecule has 146 valence electrons. The van der Waals surface area contributed by atoms with Gasteiger partial charge in [0.1, 0.15) is 11.6 Å². The highest BCUT2D eigenvalue weighted by molar-refractivity contribution is 5.51. The van der Waals surface area contributed by atoms with Crippen molar-refractivity contribution in [2.75, 3.05) is 27.0 Å². The van der Waals surface area contributed by atoms with Gasteiger partial charge in [0.25, 0.3) is 0 Å². The predicted octanol–water partition coefficient (Wildman–Crippen LogP) is 1.72. The average Bonchev–Trinajstić information content (AvgIpc) is 3.25. The topological polar surface area (TPSA) is 70.8 Å². The summed E-state index contributed by atoms with van der Waals surface area (Å²) in [6.07, 6.45) is 2.12. The van der Waals surface area contributed by atoms with Crippen molar-refractivity contribution in [3.05, 3.63) is 34.0 Å². The van der Waals surface area contributed by atoms with Gasteiger partial charge in [-0.2, -0.15) is 5.10 Å². The van der Waals surface area contributed by atoms with E-state index in [1.807, 2.05) is 19.1 Å². The van der Waals surface area contributed by atoms with E-state index >= 15 is 0 Å². The third-order valence-electron chi connectivity index (χ3n) is 5.39. The van der Waals surface area contributed by atoms with Gasteiger partial charge in [0, 0.05) is 44.2 Å². The van der Waals surface area contributed by atoms with E-state index in [4.69, 9.17) is 14.2 Å². The van der Waals surface area contributed by atoms with E-state index in [0.717, 1.165) is 61.1 Å². The van der Waals surface area contributed by atoms with Gasteiger partial charge in [-0.1, -0.05) is 0 Å². The molecule has 3 heterocycles. The SMILES string of the molecule is CCn1c(C2CCCN(Cc3cc4c(cc3OC)OCO4)C2)nn(C)c1=O. The number of hydrogen-bond acceptors (Lipinski definition) is 6. The second kappa shape index (κ2) is 7.26. The summed E-state index contributed by atoms with van der Waals surface area (Å²) < 4.78 is 19.7. The lowest BCUT2D eigenvalue weighted by Crippen LogP contribution is -2.35. The van der Waals surface area contributed by atoms with E-state index in [-0.39, 0.29) is 18.4 Å². The first kappa shape index (κ1) is 17.9. The number of nitrogens with zero attached hydrogens (tertiary/aromatic N) is 4. The Balaban J connectivity index is 1.55. The molecule has 2 aliphatic heterocycles. The number of piperidine rings is 1. The van der Waals surface area contributed by atoms with Crippen molar-refractivity contribution in [2.24, 2.45) is 7.05 Å². The Kier molecular flexibility index (Phi) is 4.82. The third-order valence-corrected chi connectivity index (χ3v) is 5.39. The van der Waals surface area contributed by atoms with Crippen LogP contribution < -0.4 is 19.9 Å². The van der Waals surface area contributed by atoms with Crippen LogP contribution in [0.4, 0.5) is 0 Å². The summed E-state index contributed by atoms with van der Waals surface area (Å²) in [5.74, 6) is 3.46. The molecule has 4 rings (SSSR count). The first-order chi connectivity index (χ1) is 13.1. The van der Waals surface area contributed by atoms with E-state index in [2.05, 4.69) is 10.00 Å². The Hall–Kier alpha value is -2.48. The Bertz CT molecular complexity index is 889. The lowest BCUT2D eigenvalue weighted by molar-refractivity contribution is 0.173. The van der Waals surface area contributed by atoms with Gasteiger partial charge in [-0.25, -0.2) is 9.48 Å². The first-order valence-electron chi connectivity index (χ1n) is 9.43. The zero-order valence-electron chi connectivity index (χ0n) is 16.1. The van der Waals surface area contributed by atoms with Crippen LogP contribution in [0.1, 0.15) is 37.1 Å². The molecule has 27 heavy (non-hydrogen) atoms. The highest BCUT2D eigenvalue weighted by atomic mass is 16.7. The fourth-order valence-corrected chi connectivity index (χ4v) is 4.05. The largest absolute Gasteiger partial charge is 0.496 e. The van der Waals surface area contributed by atoms with E-state index in [1.165, 1.54) is 4.68 Å². The number of hydrogen-bond donors (Lipinski definition) is 0. The van der Waals surface area contributed by atoms with Crippen LogP contribution in [-0.2, 0) is 20.1 Å². The average molecular weight is 374 g/mol. The molecule has 1 aromatic heterocycles. The number of rotatable bonds is 5. The zero-order valence-corrected chi connectivity index (χ0v) is 16.1. The molecule has 2 aromatic rings.